The Kier molecular flexibility index (Phi) is 4.85. The maximum atomic E-state index is 11.2. The van der Waals surface area contributed by atoms with Gasteiger partial charge in [0.25, 0.3) is 5.91 Å². The average molecular weight is 289 g/mol. The number of hydrogen-bond acceptors (Lipinski definition) is 4. The van der Waals surface area contributed by atoms with Crippen molar-refractivity contribution in [2.45, 2.75) is 12.7 Å². The normalized spacial score (nSPS) is 10.8. The molecule has 0 saturated heterocycles. The van der Waals surface area contributed by atoms with Crippen molar-refractivity contribution in [2.24, 2.45) is 5.73 Å². The van der Waals surface area contributed by atoms with Gasteiger partial charge in [-0.25, -0.2) is 0 Å². The molecule has 16 heavy (non-hydrogen) atoms. The van der Waals surface area contributed by atoms with Crippen LogP contribution < -0.4 is 5.73 Å². The number of nitrogens with two attached hydrogens (primary N) is 1. The zero-order chi connectivity index (χ0) is 12.1. The Hall–Kier alpha value is -0.980. The summed E-state index contributed by atoms with van der Waals surface area (Å²) in [5.41, 5.74) is 6.19. The molecule has 6 heteroatoms. The topological polar surface area (TPSA) is 74.4 Å². The molecule has 0 bridgehead atoms. The highest BCUT2D eigenvalue weighted by atomic mass is 79.9. The number of amides is 1. The number of hydrogen-bond donors (Lipinski definition) is 1. The number of carbonyl (C=O) groups excluding carboxylic acids is 1. The van der Waals surface area contributed by atoms with Crippen molar-refractivity contribution in [3.63, 3.8) is 0 Å². The second kappa shape index (κ2) is 5.93. The Morgan fingerprint density at radius 2 is 2.19 bits per heavy atom. The molecule has 0 aromatic carbocycles. The van der Waals surface area contributed by atoms with Crippen molar-refractivity contribution in [3.05, 3.63) is 28.0 Å². The SMILES string of the molecule is COC(Cc1ncc(Br)cc1C(N)=O)OC. The molecule has 1 rings (SSSR count). The number of ether oxygens (including phenoxy) is 2. The highest BCUT2D eigenvalue weighted by Crippen LogP contribution is 2.15. The molecule has 0 atom stereocenters. The highest BCUT2D eigenvalue weighted by molar-refractivity contribution is 9.10. The van der Waals surface area contributed by atoms with E-state index in [1.165, 1.54) is 14.2 Å². The van der Waals surface area contributed by atoms with Crippen LogP contribution in [-0.2, 0) is 15.9 Å². The van der Waals surface area contributed by atoms with E-state index < -0.39 is 12.2 Å². The molecule has 0 aliphatic carbocycles. The fourth-order valence-corrected chi connectivity index (χ4v) is 1.60. The Labute approximate surface area is 102 Å². The molecule has 5 nitrogen and oxygen atoms in total. The molecule has 88 valence electrons. The number of nitrogens with zero attached hydrogens (tertiary/aromatic N) is 1. The fourth-order valence-electron chi connectivity index (χ4n) is 1.26. The van der Waals surface area contributed by atoms with Crippen molar-refractivity contribution in [3.8, 4) is 0 Å². The number of methoxy groups -OCH3 is 2. The molecule has 0 saturated carbocycles. The second-order valence-corrected chi connectivity index (χ2v) is 4.03. The third kappa shape index (κ3) is 3.26. The molecule has 1 aromatic rings. The first-order valence-electron chi connectivity index (χ1n) is 4.58. The molecule has 0 unspecified atom stereocenters. The standard InChI is InChI=1S/C10H13BrN2O3/c1-15-9(16-2)4-8-7(10(12)14)3-6(11)5-13-8/h3,5,9H,4H2,1-2H3,(H2,12,14). The maximum absolute atomic E-state index is 11.2. The van der Waals surface area contributed by atoms with E-state index in [0.717, 1.165) is 0 Å². The Morgan fingerprint density at radius 1 is 1.56 bits per heavy atom. The van der Waals surface area contributed by atoms with E-state index in [0.29, 0.717) is 22.2 Å². The van der Waals surface area contributed by atoms with E-state index in [9.17, 15) is 4.79 Å². The van der Waals surface area contributed by atoms with Crippen LogP contribution in [0.25, 0.3) is 0 Å². The zero-order valence-corrected chi connectivity index (χ0v) is 10.7. The van der Waals surface area contributed by atoms with Gasteiger partial charge in [0, 0.05) is 31.3 Å². The Balaban J connectivity index is 2.98. The van der Waals surface area contributed by atoms with E-state index in [1.54, 1.807) is 12.3 Å². The average Bonchev–Trinajstić information content (AvgIpc) is 2.27. The van der Waals surface area contributed by atoms with Gasteiger partial charge in [0.05, 0.1) is 11.3 Å². The third-order valence-electron chi connectivity index (χ3n) is 2.09. The van der Waals surface area contributed by atoms with Crippen LogP contribution in [0.15, 0.2) is 16.7 Å². The molecule has 1 aromatic heterocycles. The first kappa shape index (κ1) is 13.1. The van der Waals surface area contributed by atoms with Gasteiger partial charge in [-0.05, 0) is 22.0 Å². The molecular weight excluding hydrogens is 276 g/mol. The maximum Gasteiger partial charge on any atom is 0.250 e. The van der Waals surface area contributed by atoms with Gasteiger partial charge in [-0.3, -0.25) is 9.78 Å². The second-order valence-electron chi connectivity index (χ2n) is 3.12. The van der Waals surface area contributed by atoms with Crippen LogP contribution in [0, 0.1) is 0 Å². The van der Waals surface area contributed by atoms with Crippen molar-refractivity contribution >= 4 is 21.8 Å². The van der Waals surface area contributed by atoms with Gasteiger partial charge >= 0.3 is 0 Å². The minimum Gasteiger partial charge on any atom is -0.366 e. The molecule has 0 fully saturated rings. The minimum absolute atomic E-state index is 0.369. The van der Waals surface area contributed by atoms with Crippen LogP contribution in [-0.4, -0.2) is 31.4 Å². The fraction of sp³-hybridized carbons (Fsp3) is 0.400. The van der Waals surface area contributed by atoms with Crippen LogP contribution in [0.4, 0.5) is 0 Å². The summed E-state index contributed by atoms with van der Waals surface area (Å²) in [4.78, 5) is 15.3. The summed E-state index contributed by atoms with van der Waals surface area (Å²) in [7, 11) is 3.05. The van der Waals surface area contributed by atoms with E-state index in [-0.39, 0.29) is 0 Å². The smallest absolute Gasteiger partial charge is 0.250 e. The summed E-state index contributed by atoms with van der Waals surface area (Å²) in [6, 6.07) is 1.63. The highest BCUT2D eigenvalue weighted by Gasteiger charge is 2.15. The quantitative estimate of drug-likeness (QED) is 0.824. The van der Waals surface area contributed by atoms with Gasteiger partial charge in [0.2, 0.25) is 0 Å². The van der Waals surface area contributed by atoms with Crippen LogP contribution in [0.3, 0.4) is 0 Å². The summed E-state index contributed by atoms with van der Waals surface area (Å²) in [6.07, 6.45) is 1.54. The zero-order valence-electron chi connectivity index (χ0n) is 9.07. The van der Waals surface area contributed by atoms with E-state index in [4.69, 9.17) is 15.2 Å². The van der Waals surface area contributed by atoms with Gasteiger partial charge in [-0.2, -0.15) is 0 Å². The van der Waals surface area contributed by atoms with Gasteiger partial charge in [-0.1, -0.05) is 0 Å². The van der Waals surface area contributed by atoms with Crippen molar-refractivity contribution in [1.82, 2.24) is 4.98 Å². The lowest BCUT2D eigenvalue weighted by molar-refractivity contribution is -0.101. The molecule has 0 aliphatic rings. The minimum atomic E-state index is -0.519. The number of primary amides is 1. The van der Waals surface area contributed by atoms with Gasteiger partial charge in [-0.15, -0.1) is 0 Å². The monoisotopic (exact) mass is 288 g/mol. The largest absolute Gasteiger partial charge is 0.366 e. The molecule has 2 N–H and O–H groups in total. The van der Waals surface area contributed by atoms with Gasteiger partial charge in [0.1, 0.15) is 0 Å². The van der Waals surface area contributed by atoms with Crippen LogP contribution in [0.1, 0.15) is 16.1 Å². The Morgan fingerprint density at radius 3 is 2.69 bits per heavy atom. The number of rotatable bonds is 5. The lowest BCUT2D eigenvalue weighted by Gasteiger charge is -2.14. The third-order valence-corrected chi connectivity index (χ3v) is 2.52. The summed E-state index contributed by atoms with van der Waals surface area (Å²) < 4.78 is 10.8. The first-order chi connectivity index (χ1) is 7.58. The van der Waals surface area contributed by atoms with Crippen molar-refractivity contribution < 1.29 is 14.3 Å². The van der Waals surface area contributed by atoms with Gasteiger partial charge in [0.15, 0.2) is 6.29 Å². The molecule has 1 heterocycles. The van der Waals surface area contributed by atoms with Crippen molar-refractivity contribution in [2.75, 3.05) is 14.2 Å². The summed E-state index contributed by atoms with van der Waals surface area (Å²) >= 11 is 3.23. The van der Waals surface area contributed by atoms with Crippen LogP contribution in [0.2, 0.25) is 0 Å². The van der Waals surface area contributed by atoms with E-state index in [1.807, 2.05) is 0 Å². The number of halogens is 1. The molecule has 0 aliphatic heterocycles. The predicted octanol–water partition coefficient (Wildman–Crippen LogP) is 1.10. The van der Waals surface area contributed by atoms with E-state index in [2.05, 4.69) is 20.9 Å². The Bertz CT molecular complexity index is 380. The van der Waals surface area contributed by atoms with Gasteiger partial charge < -0.3 is 15.2 Å². The number of carbonyl (C=O) groups is 1. The number of aromatic nitrogens is 1. The summed E-state index contributed by atoms with van der Waals surface area (Å²) in [5.74, 6) is -0.519. The molecule has 0 spiro atoms. The van der Waals surface area contributed by atoms with Crippen molar-refractivity contribution in [1.29, 1.82) is 0 Å². The lowest BCUT2D eigenvalue weighted by Crippen LogP contribution is -2.21. The number of pyridine rings is 1. The van der Waals surface area contributed by atoms with Crippen LogP contribution in [0.5, 0.6) is 0 Å². The summed E-state index contributed by atoms with van der Waals surface area (Å²) in [5, 5.41) is 0. The van der Waals surface area contributed by atoms with E-state index >= 15 is 0 Å². The molecule has 0 radical (unpaired) electrons. The first-order valence-corrected chi connectivity index (χ1v) is 5.37. The van der Waals surface area contributed by atoms with Crippen LogP contribution >= 0.6 is 15.9 Å². The predicted molar refractivity (Wildman–Crippen MR) is 62.0 cm³/mol. The molecule has 1 amide bonds. The lowest BCUT2D eigenvalue weighted by atomic mass is 10.1. The summed E-state index contributed by atoms with van der Waals surface area (Å²) in [6.45, 7) is 0. The molecular formula is C10H13BrN2O3.